The highest BCUT2D eigenvalue weighted by Gasteiger charge is 2.62. The first-order chi connectivity index (χ1) is 19.5. The van der Waals surface area contributed by atoms with Crippen molar-refractivity contribution in [1.82, 2.24) is 0 Å². The number of alkyl halides is 3. The summed E-state index contributed by atoms with van der Waals surface area (Å²) in [5.74, 6) is 1.98. The fraction of sp³-hybridized carbons (Fsp3) is 0.771. The summed E-state index contributed by atoms with van der Waals surface area (Å²) >= 11 is 0. The average molecular weight is 609 g/mol. The molecule has 7 heteroatoms. The Balaban J connectivity index is 1.51. The molecule has 238 valence electrons. The molecule has 2 saturated carbocycles. The van der Waals surface area contributed by atoms with Gasteiger partial charge in [0.2, 0.25) is 0 Å². The van der Waals surface area contributed by atoms with Crippen molar-refractivity contribution >= 4 is 8.32 Å². The van der Waals surface area contributed by atoms with Gasteiger partial charge in [0.25, 0.3) is 0 Å². The number of aliphatic hydroxyl groups excluding tert-OH is 1. The van der Waals surface area contributed by atoms with E-state index in [9.17, 15) is 18.3 Å². The lowest BCUT2D eigenvalue weighted by atomic mass is 9.47. The van der Waals surface area contributed by atoms with Gasteiger partial charge in [-0.1, -0.05) is 65.2 Å². The maximum absolute atomic E-state index is 12.6. The van der Waals surface area contributed by atoms with E-state index in [1.807, 2.05) is 0 Å². The highest BCUT2D eigenvalue weighted by atomic mass is 28.4. The molecule has 0 saturated heterocycles. The Hall–Kier alpha value is -1.31. The van der Waals surface area contributed by atoms with E-state index in [0.717, 1.165) is 57.1 Å². The van der Waals surface area contributed by atoms with Crippen molar-refractivity contribution in [2.75, 3.05) is 7.11 Å². The number of ether oxygens (including phenoxy) is 1. The molecule has 0 aliphatic heterocycles. The average Bonchev–Trinajstić information content (AvgIpc) is 3.24. The highest BCUT2D eigenvalue weighted by molar-refractivity contribution is 6.74. The molecule has 4 rings (SSSR count). The number of methoxy groups -OCH3 is 1. The van der Waals surface area contributed by atoms with Gasteiger partial charge in [-0.15, -0.1) is 0 Å². The fourth-order valence-corrected chi connectivity index (χ4v) is 9.71. The predicted molar refractivity (Wildman–Crippen MR) is 168 cm³/mol. The number of benzene rings is 1. The smallest absolute Gasteiger partial charge is 0.414 e. The van der Waals surface area contributed by atoms with E-state index < -0.39 is 20.6 Å². The zero-order valence-electron chi connectivity index (χ0n) is 27.1. The number of hydrogen-bond acceptors (Lipinski definition) is 3. The lowest BCUT2D eigenvalue weighted by Crippen LogP contribution is -2.53. The normalized spacial score (nSPS) is 30.6. The molecule has 0 amide bonds. The van der Waals surface area contributed by atoms with Crippen molar-refractivity contribution in [1.29, 1.82) is 0 Å². The molecule has 1 aromatic carbocycles. The van der Waals surface area contributed by atoms with E-state index in [4.69, 9.17) is 9.16 Å². The zero-order chi connectivity index (χ0) is 31.0. The summed E-state index contributed by atoms with van der Waals surface area (Å²) in [4.78, 5) is 0. The van der Waals surface area contributed by atoms with Crippen LogP contribution in [0.4, 0.5) is 13.2 Å². The van der Waals surface area contributed by atoms with Gasteiger partial charge in [-0.25, -0.2) is 0 Å². The molecule has 0 unspecified atom stereocenters. The van der Waals surface area contributed by atoms with Crippen LogP contribution < -0.4 is 4.74 Å². The van der Waals surface area contributed by atoms with E-state index in [2.05, 4.69) is 71.1 Å². The Morgan fingerprint density at radius 3 is 2.43 bits per heavy atom. The summed E-state index contributed by atoms with van der Waals surface area (Å²) in [6, 6.07) is 6.68. The number of fused-ring (bicyclic) bond motifs is 5. The maximum atomic E-state index is 12.6. The minimum Gasteiger partial charge on any atom is -0.497 e. The largest absolute Gasteiger partial charge is 0.497 e. The molecule has 6 atom stereocenters. The number of allylic oxidation sites excluding steroid dienone is 2. The van der Waals surface area contributed by atoms with Crippen LogP contribution in [0.15, 0.2) is 30.4 Å². The van der Waals surface area contributed by atoms with Crippen molar-refractivity contribution in [3.05, 3.63) is 41.5 Å². The second kappa shape index (κ2) is 12.6. The summed E-state index contributed by atoms with van der Waals surface area (Å²) in [7, 11) is -0.165. The third kappa shape index (κ3) is 6.68. The SMILES string of the molecule is COc1ccc2c(c1)CC[C@]1(C=CCCCCCC[C@@H](O)C(F)(F)F)[C@@H]2CC[C@]2(C)[C@@H](O[Si](C)(C)C(C)(C)C)CC[C@H]21. The van der Waals surface area contributed by atoms with Crippen LogP contribution in [0, 0.1) is 16.7 Å². The molecular formula is C35H55F3O3Si. The van der Waals surface area contributed by atoms with Gasteiger partial charge in [-0.3, -0.25) is 0 Å². The monoisotopic (exact) mass is 608 g/mol. The molecule has 3 aliphatic rings. The summed E-state index contributed by atoms with van der Waals surface area (Å²) in [6.07, 6.45) is 9.16. The Morgan fingerprint density at radius 1 is 1.05 bits per heavy atom. The first-order valence-electron chi connectivity index (χ1n) is 16.3. The number of aliphatic hydroxyl groups is 1. The van der Waals surface area contributed by atoms with Crippen molar-refractivity contribution in [3.63, 3.8) is 0 Å². The van der Waals surface area contributed by atoms with Gasteiger partial charge in [0, 0.05) is 0 Å². The Labute approximate surface area is 253 Å². The van der Waals surface area contributed by atoms with Crippen LogP contribution >= 0.6 is 0 Å². The van der Waals surface area contributed by atoms with Crippen molar-refractivity contribution in [2.45, 2.75) is 147 Å². The highest BCUT2D eigenvalue weighted by Crippen LogP contribution is 2.68. The standard InChI is InChI=1S/C35H55F3O3Si/c1-32(2,3)42(6,7)41-31-18-17-29-33(31,4)22-20-28-27-16-15-26(40-5)24-25(27)19-23-34(28,29)21-13-11-9-8-10-12-14-30(39)35(36,37)38/h13,15-16,21,24,28-31,39H,8-12,14,17-20,22-23H2,1-7H3/t28-,29-,30-,31+,33+,34-/m1/s1. The first-order valence-corrected chi connectivity index (χ1v) is 19.2. The summed E-state index contributed by atoms with van der Waals surface area (Å²) in [6.45, 7) is 14.3. The zero-order valence-corrected chi connectivity index (χ0v) is 28.1. The number of rotatable bonds is 11. The Bertz CT molecular complexity index is 1090. The number of halogens is 3. The van der Waals surface area contributed by atoms with E-state index >= 15 is 0 Å². The molecule has 0 aromatic heterocycles. The molecule has 0 spiro atoms. The third-order valence-corrected chi connectivity index (χ3v) is 16.2. The number of aryl methyl sites for hydroxylation is 1. The van der Waals surface area contributed by atoms with Gasteiger partial charge >= 0.3 is 6.18 Å². The van der Waals surface area contributed by atoms with Crippen LogP contribution in [-0.2, 0) is 10.8 Å². The van der Waals surface area contributed by atoms with Gasteiger partial charge in [0.05, 0.1) is 13.2 Å². The van der Waals surface area contributed by atoms with E-state index in [0.29, 0.717) is 24.4 Å². The summed E-state index contributed by atoms with van der Waals surface area (Å²) in [5.41, 5.74) is 3.17. The van der Waals surface area contributed by atoms with Crippen LogP contribution in [-0.4, -0.2) is 38.9 Å². The van der Waals surface area contributed by atoms with Gasteiger partial charge in [-0.05, 0) is 122 Å². The van der Waals surface area contributed by atoms with E-state index in [1.54, 1.807) is 7.11 Å². The molecule has 3 nitrogen and oxygen atoms in total. The van der Waals surface area contributed by atoms with Crippen LogP contribution in [0.25, 0.3) is 0 Å². The van der Waals surface area contributed by atoms with Crippen LogP contribution in [0.5, 0.6) is 5.75 Å². The minimum atomic E-state index is -4.51. The number of unbranched alkanes of at least 4 members (excludes halogenated alkanes) is 4. The Morgan fingerprint density at radius 2 is 1.76 bits per heavy atom. The molecule has 3 aliphatic carbocycles. The van der Waals surface area contributed by atoms with Gasteiger partial charge in [0.1, 0.15) is 11.9 Å². The van der Waals surface area contributed by atoms with Crippen LogP contribution in [0.3, 0.4) is 0 Å². The van der Waals surface area contributed by atoms with Crippen molar-refractivity contribution in [2.24, 2.45) is 16.7 Å². The van der Waals surface area contributed by atoms with Gasteiger partial charge in [-0.2, -0.15) is 13.2 Å². The van der Waals surface area contributed by atoms with Crippen LogP contribution in [0.2, 0.25) is 18.1 Å². The van der Waals surface area contributed by atoms with Gasteiger partial charge in [0.15, 0.2) is 8.32 Å². The van der Waals surface area contributed by atoms with E-state index in [1.165, 1.54) is 24.0 Å². The maximum Gasteiger partial charge on any atom is 0.414 e. The molecule has 0 bridgehead atoms. The molecule has 0 radical (unpaired) electrons. The molecule has 42 heavy (non-hydrogen) atoms. The molecule has 2 fully saturated rings. The molecular weight excluding hydrogens is 553 g/mol. The quantitative estimate of drug-likeness (QED) is 0.154. The van der Waals surface area contributed by atoms with Crippen molar-refractivity contribution < 1.29 is 27.4 Å². The van der Waals surface area contributed by atoms with Gasteiger partial charge < -0.3 is 14.3 Å². The molecule has 1 N–H and O–H groups in total. The predicted octanol–water partition coefficient (Wildman–Crippen LogP) is 10.1. The third-order valence-electron chi connectivity index (χ3n) is 11.7. The fourth-order valence-electron chi connectivity index (χ4n) is 8.26. The molecule has 1 aromatic rings. The second-order valence-electron chi connectivity index (χ2n) is 15.2. The van der Waals surface area contributed by atoms with E-state index in [-0.39, 0.29) is 22.3 Å². The summed E-state index contributed by atoms with van der Waals surface area (Å²) in [5, 5.41) is 9.43. The van der Waals surface area contributed by atoms with Crippen molar-refractivity contribution in [3.8, 4) is 5.75 Å². The number of hydrogen-bond donors (Lipinski definition) is 1. The molecule has 0 heterocycles. The lowest BCUT2D eigenvalue weighted by Gasteiger charge is -2.58. The lowest BCUT2D eigenvalue weighted by molar-refractivity contribution is -0.205. The Kier molecular flexibility index (Phi) is 10.1. The van der Waals surface area contributed by atoms with Crippen LogP contribution in [0.1, 0.15) is 115 Å². The topological polar surface area (TPSA) is 38.7 Å². The first kappa shape index (κ1) is 33.6. The minimum absolute atomic E-state index is 0.0942. The summed E-state index contributed by atoms with van der Waals surface area (Å²) < 4.78 is 50.5. The second-order valence-corrected chi connectivity index (χ2v) is 20.0.